The van der Waals surface area contributed by atoms with E-state index >= 15 is 0 Å². The minimum absolute atomic E-state index is 0.0816. The molecule has 2 fully saturated rings. The van der Waals surface area contributed by atoms with Crippen LogP contribution in [0.3, 0.4) is 0 Å². The molecule has 0 radical (unpaired) electrons. The topological polar surface area (TPSA) is 85.7 Å². The van der Waals surface area contributed by atoms with E-state index < -0.39 is 10.0 Å². The van der Waals surface area contributed by atoms with Crippen LogP contribution in [0.2, 0.25) is 0 Å². The average Bonchev–Trinajstić information content (AvgIpc) is 3.61. The molecule has 0 amide bonds. The van der Waals surface area contributed by atoms with E-state index in [1.54, 1.807) is 0 Å². The first kappa shape index (κ1) is 23.0. The predicted molar refractivity (Wildman–Crippen MR) is 135 cm³/mol. The van der Waals surface area contributed by atoms with Gasteiger partial charge in [0.05, 0.1) is 37.0 Å². The number of hydrogen-bond donors (Lipinski definition) is 1. The average molecular weight is 481 g/mol. The second-order valence-corrected chi connectivity index (χ2v) is 11.4. The minimum atomic E-state index is -3.34. The van der Waals surface area contributed by atoms with Gasteiger partial charge in [0.25, 0.3) is 0 Å². The van der Waals surface area contributed by atoms with Crippen LogP contribution < -0.4 is 14.5 Å². The third kappa shape index (κ3) is 4.73. The number of anilines is 3. The first-order valence-corrected chi connectivity index (χ1v) is 13.9. The molecule has 2 atom stereocenters. The van der Waals surface area contributed by atoms with Crippen LogP contribution in [0.4, 0.5) is 17.1 Å². The molecule has 5 rings (SSSR count). The van der Waals surface area contributed by atoms with Gasteiger partial charge >= 0.3 is 0 Å². The molecule has 2 aliphatic heterocycles. The standard InChI is InChI=1S/C26H32N4O3S/c1-2-15-34(31,32)28-21-7-5-20(6-8-21)26-24(17-27)23-10-9-22(29-11-13-33-14-12-29)16-25(23)30(26)18-19-3-4-19/h5-10,16,19,24,26,28H,2-4,11-15,18H2,1H3. The molecule has 0 spiro atoms. The first-order chi connectivity index (χ1) is 16.5. The van der Waals surface area contributed by atoms with Gasteiger partial charge in [-0.25, -0.2) is 8.42 Å². The number of rotatable bonds is 8. The lowest BCUT2D eigenvalue weighted by Crippen LogP contribution is -2.36. The largest absolute Gasteiger partial charge is 0.378 e. The van der Waals surface area contributed by atoms with Crippen LogP contribution in [0.5, 0.6) is 0 Å². The maximum atomic E-state index is 12.2. The smallest absolute Gasteiger partial charge is 0.232 e. The lowest BCUT2D eigenvalue weighted by molar-refractivity contribution is 0.122. The van der Waals surface area contributed by atoms with E-state index in [-0.39, 0.29) is 17.7 Å². The zero-order valence-electron chi connectivity index (χ0n) is 19.6. The van der Waals surface area contributed by atoms with Crippen LogP contribution in [-0.2, 0) is 14.8 Å². The van der Waals surface area contributed by atoms with Crippen molar-refractivity contribution in [2.75, 3.05) is 53.1 Å². The van der Waals surface area contributed by atoms with Gasteiger partial charge in [-0.3, -0.25) is 4.72 Å². The molecule has 3 aliphatic rings. The molecule has 180 valence electrons. The number of benzene rings is 2. The van der Waals surface area contributed by atoms with Crippen molar-refractivity contribution in [2.24, 2.45) is 5.92 Å². The Morgan fingerprint density at radius 2 is 1.85 bits per heavy atom. The highest BCUT2D eigenvalue weighted by Gasteiger charge is 2.42. The van der Waals surface area contributed by atoms with Gasteiger partial charge in [-0.15, -0.1) is 0 Å². The Balaban J connectivity index is 1.46. The van der Waals surface area contributed by atoms with Crippen molar-refractivity contribution in [3.63, 3.8) is 0 Å². The normalized spacial score (nSPS) is 22.4. The van der Waals surface area contributed by atoms with Gasteiger partial charge in [0.15, 0.2) is 0 Å². The Bertz CT molecular complexity index is 1170. The summed E-state index contributed by atoms with van der Waals surface area (Å²) in [7, 11) is -3.34. The van der Waals surface area contributed by atoms with Crippen molar-refractivity contribution in [3.05, 3.63) is 53.6 Å². The summed E-state index contributed by atoms with van der Waals surface area (Å²) in [4.78, 5) is 4.77. The number of nitrogens with one attached hydrogen (secondary N) is 1. The zero-order chi connectivity index (χ0) is 23.7. The summed E-state index contributed by atoms with van der Waals surface area (Å²) in [6, 6.07) is 16.6. The van der Waals surface area contributed by atoms with Crippen molar-refractivity contribution >= 4 is 27.1 Å². The summed E-state index contributed by atoms with van der Waals surface area (Å²) in [6.45, 7) is 6.01. The summed E-state index contributed by atoms with van der Waals surface area (Å²) in [5, 5.41) is 10.2. The lowest BCUT2D eigenvalue weighted by atomic mass is 9.91. The predicted octanol–water partition coefficient (Wildman–Crippen LogP) is 4.25. The number of sulfonamides is 1. The molecule has 7 nitrogen and oxygen atoms in total. The Morgan fingerprint density at radius 3 is 2.50 bits per heavy atom. The molecule has 2 aromatic carbocycles. The Hall–Kier alpha value is -2.76. The van der Waals surface area contributed by atoms with Crippen LogP contribution >= 0.6 is 0 Å². The second kappa shape index (κ2) is 9.47. The number of nitrogens with zero attached hydrogens (tertiary/aromatic N) is 3. The molecule has 8 heteroatoms. The number of morpholine rings is 1. The lowest BCUT2D eigenvalue weighted by Gasteiger charge is -2.31. The van der Waals surface area contributed by atoms with Crippen molar-refractivity contribution in [2.45, 2.75) is 38.1 Å². The van der Waals surface area contributed by atoms with Gasteiger partial charge < -0.3 is 14.5 Å². The van der Waals surface area contributed by atoms with E-state index in [2.05, 4.69) is 38.8 Å². The third-order valence-electron chi connectivity index (χ3n) is 6.98. The van der Waals surface area contributed by atoms with Crippen LogP contribution in [0.25, 0.3) is 0 Å². The van der Waals surface area contributed by atoms with Gasteiger partial charge in [0.2, 0.25) is 10.0 Å². The molecule has 0 bridgehead atoms. The van der Waals surface area contributed by atoms with E-state index in [1.165, 1.54) is 18.5 Å². The molecule has 1 aliphatic carbocycles. The van der Waals surface area contributed by atoms with E-state index in [4.69, 9.17) is 4.74 Å². The molecule has 34 heavy (non-hydrogen) atoms. The highest BCUT2D eigenvalue weighted by molar-refractivity contribution is 7.92. The fourth-order valence-electron chi connectivity index (χ4n) is 5.11. The van der Waals surface area contributed by atoms with Gasteiger partial charge in [-0.2, -0.15) is 5.26 Å². The number of ether oxygens (including phenoxy) is 1. The Kier molecular flexibility index (Phi) is 6.41. The molecule has 2 heterocycles. The van der Waals surface area contributed by atoms with Gasteiger partial charge in [-0.1, -0.05) is 25.1 Å². The molecule has 1 N–H and O–H groups in total. The van der Waals surface area contributed by atoms with Gasteiger partial charge in [-0.05, 0) is 60.6 Å². The molecule has 1 saturated carbocycles. The van der Waals surface area contributed by atoms with Crippen LogP contribution in [0.15, 0.2) is 42.5 Å². The van der Waals surface area contributed by atoms with Crippen LogP contribution in [-0.4, -0.2) is 47.0 Å². The van der Waals surface area contributed by atoms with E-state index in [9.17, 15) is 13.7 Å². The fourth-order valence-corrected chi connectivity index (χ4v) is 6.25. The minimum Gasteiger partial charge on any atom is -0.378 e. The maximum absolute atomic E-state index is 12.2. The van der Waals surface area contributed by atoms with Crippen LogP contribution in [0, 0.1) is 17.2 Å². The fraction of sp³-hybridized carbons (Fsp3) is 0.500. The molecule has 2 aromatic rings. The third-order valence-corrected chi connectivity index (χ3v) is 8.47. The zero-order valence-corrected chi connectivity index (χ0v) is 20.4. The second-order valence-electron chi connectivity index (χ2n) is 9.53. The van der Waals surface area contributed by atoms with E-state index in [0.29, 0.717) is 18.0 Å². The summed E-state index contributed by atoms with van der Waals surface area (Å²) in [5.74, 6) is 0.499. The molecular formula is C26H32N4O3S. The first-order valence-electron chi connectivity index (χ1n) is 12.2. The molecular weight excluding hydrogens is 448 g/mol. The van der Waals surface area contributed by atoms with E-state index in [1.807, 2.05) is 31.2 Å². The maximum Gasteiger partial charge on any atom is 0.232 e. The summed E-state index contributed by atoms with van der Waals surface area (Å²) >= 11 is 0. The summed E-state index contributed by atoms with van der Waals surface area (Å²) in [6.07, 6.45) is 3.04. The SMILES string of the molecule is CCCS(=O)(=O)Nc1ccc(C2C(C#N)c3ccc(N4CCOCC4)cc3N2CC2CC2)cc1. The molecule has 2 unspecified atom stereocenters. The Morgan fingerprint density at radius 1 is 1.12 bits per heavy atom. The van der Waals surface area contributed by atoms with Gasteiger partial charge in [0.1, 0.15) is 0 Å². The van der Waals surface area contributed by atoms with Crippen molar-refractivity contribution in [1.29, 1.82) is 5.26 Å². The van der Waals surface area contributed by atoms with Crippen molar-refractivity contribution < 1.29 is 13.2 Å². The van der Waals surface area contributed by atoms with Crippen molar-refractivity contribution in [1.82, 2.24) is 0 Å². The number of nitriles is 1. The summed E-state index contributed by atoms with van der Waals surface area (Å²) < 4.78 is 32.5. The highest BCUT2D eigenvalue weighted by Crippen LogP contribution is 2.51. The highest BCUT2D eigenvalue weighted by atomic mass is 32.2. The Labute approximate surface area is 202 Å². The molecule has 0 aromatic heterocycles. The van der Waals surface area contributed by atoms with Crippen LogP contribution in [0.1, 0.15) is 49.3 Å². The monoisotopic (exact) mass is 480 g/mol. The van der Waals surface area contributed by atoms with E-state index in [0.717, 1.165) is 49.7 Å². The quantitative estimate of drug-likeness (QED) is 0.608. The molecule has 1 saturated heterocycles. The number of fused-ring (bicyclic) bond motifs is 1. The number of hydrogen-bond acceptors (Lipinski definition) is 6. The van der Waals surface area contributed by atoms with Gasteiger partial charge in [0, 0.05) is 36.7 Å². The summed E-state index contributed by atoms with van der Waals surface area (Å²) in [5.41, 5.74) is 5.01. The van der Waals surface area contributed by atoms with Crippen molar-refractivity contribution in [3.8, 4) is 6.07 Å².